The third-order valence-corrected chi connectivity index (χ3v) is 9.44. The number of carbonyl (C=O) groups is 5. The zero-order valence-corrected chi connectivity index (χ0v) is 31.4. The van der Waals surface area contributed by atoms with Crippen molar-refractivity contribution in [3.05, 3.63) is 70.8 Å². The van der Waals surface area contributed by atoms with Gasteiger partial charge in [0.1, 0.15) is 23.7 Å². The van der Waals surface area contributed by atoms with Crippen molar-refractivity contribution in [2.45, 2.75) is 117 Å². The second-order valence-corrected chi connectivity index (χ2v) is 15.6. The lowest BCUT2D eigenvalue weighted by Crippen LogP contribution is -2.60. The van der Waals surface area contributed by atoms with E-state index in [1.165, 1.54) is 29.5 Å². The Bertz CT molecular complexity index is 1580. The first-order valence-electron chi connectivity index (χ1n) is 17.6. The molecule has 0 saturated carbocycles. The Balaban J connectivity index is 1.55. The fourth-order valence-corrected chi connectivity index (χ4v) is 6.40. The van der Waals surface area contributed by atoms with E-state index in [1.54, 1.807) is 52.0 Å². The number of esters is 1. The number of likely N-dealkylation sites (tertiary alicyclic amines) is 1. The molecule has 278 valence electrons. The van der Waals surface area contributed by atoms with Crippen molar-refractivity contribution in [2.24, 2.45) is 5.41 Å². The number of nitrogens with one attached hydrogen (secondary N) is 2. The molecule has 5 atom stereocenters. The molecule has 4 amide bonds. The van der Waals surface area contributed by atoms with Gasteiger partial charge in [0.25, 0.3) is 0 Å². The summed E-state index contributed by atoms with van der Waals surface area (Å²) in [6.45, 7) is 12.7. The standard InChI is InChI=1S/C39H54N4O8/c1-24(42(8)37(48)51-39(5,6)7)33(44)41-32(38(2,3)4)35(46)43-22-28(50-23-25-17-19-27(20-18-25)36(47)49-9)21-31(43)34(45)40-30-16-12-14-26-13-10-11-15-29(26)30/h10-11,13,15,17-20,24,28,30-32H,12,14,16,21-23H2,1-9H3,(H,40,45)(H,41,44)/t24?,28-,30+,31-,32?/m0/s1. The summed E-state index contributed by atoms with van der Waals surface area (Å²) >= 11 is 0. The lowest BCUT2D eigenvalue weighted by Gasteiger charge is -2.37. The van der Waals surface area contributed by atoms with Crippen LogP contribution in [0.2, 0.25) is 0 Å². The number of likely N-dealkylation sites (N-methyl/N-ethyl adjacent to an activating group) is 1. The van der Waals surface area contributed by atoms with Crippen molar-refractivity contribution in [3.8, 4) is 0 Å². The van der Waals surface area contributed by atoms with Crippen LogP contribution in [0.4, 0.5) is 4.79 Å². The van der Waals surface area contributed by atoms with Crippen LogP contribution < -0.4 is 10.6 Å². The molecule has 1 aliphatic carbocycles. The molecule has 2 unspecified atom stereocenters. The average Bonchev–Trinajstić information content (AvgIpc) is 3.52. The first kappa shape index (κ1) is 39.3. The van der Waals surface area contributed by atoms with Gasteiger partial charge < -0.3 is 29.7 Å². The number of rotatable bonds is 10. The van der Waals surface area contributed by atoms with Crippen LogP contribution in [0.1, 0.15) is 101 Å². The quantitative estimate of drug-likeness (QED) is 0.331. The van der Waals surface area contributed by atoms with Gasteiger partial charge in [0, 0.05) is 20.0 Å². The molecule has 4 rings (SSSR count). The second-order valence-electron chi connectivity index (χ2n) is 15.6. The summed E-state index contributed by atoms with van der Waals surface area (Å²) in [5, 5.41) is 6.11. The number of fused-ring (bicyclic) bond motifs is 1. The van der Waals surface area contributed by atoms with E-state index in [1.807, 2.05) is 39.0 Å². The highest BCUT2D eigenvalue weighted by molar-refractivity contribution is 5.95. The summed E-state index contributed by atoms with van der Waals surface area (Å²) in [6.07, 6.45) is 1.79. The lowest BCUT2D eigenvalue weighted by molar-refractivity contribution is -0.144. The summed E-state index contributed by atoms with van der Waals surface area (Å²) in [6, 6.07) is 12.0. The third kappa shape index (κ3) is 10.1. The monoisotopic (exact) mass is 706 g/mol. The van der Waals surface area contributed by atoms with Crippen LogP contribution in [0.5, 0.6) is 0 Å². The molecule has 1 fully saturated rings. The number of carbonyl (C=O) groups excluding carboxylic acids is 5. The molecule has 0 bridgehead atoms. The van der Waals surface area contributed by atoms with Crippen LogP contribution in [0.15, 0.2) is 48.5 Å². The van der Waals surface area contributed by atoms with Crippen LogP contribution in [0.3, 0.4) is 0 Å². The maximum absolute atomic E-state index is 14.5. The van der Waals surface area contributed by atoms with Crippen molar-refractivity contribution < 1.29 is 38.2 Å². The van der Waals surface area contributed by atoms with Gasteiger partial charge >= 0.3 is 12.1 Å². The largest absolute Gasteiger partial charge is 0.465 e. The SMILES string of the molecule is COC(=O)c1ccc(CO[C@H]2C[C@@H](C(=O)N[C@@H]3CCCc4ccccc43)N(C(=O)C(NC(=O)C(C)N(C)C(=O)OC(C)(C)C)C(C)(C)C)C2)cc1. The van der Waals surface area contributed by atoms with E-state index >= 15 is 0 Å². The Hall–Kier alpha value is -4.45. The van der Waals surface area contributed by atoms with Gasteiger partial charge in [0.15, 0.2) is 0 Å². The Morgan fingerprint density at radius 3 is 2.27 bits per heavy atom. The Morgan fingerprint density at radius 1 is 0.980 bits per heavy atom. The molecule has 1 aliphatic heterocycles. The number of ether oxygens (including phenoxy) is 3. The van der Waals surface area contributed by atoms with Gasteiger partial charge in [0.2, 0.25) is 17.7 Å². The van der Waals surface area contributed by atoms with E-state index in [0.717, 1.165) is 30.4 Å². The van der Waals surface area contributed by atoms with E-state index in [4.69, 9.17) is 14.2 Å². The number of benzene rings is 2. The number of amides is 4. The number of hydrogen-bond donors (Lipinski definition) is 2. The topological polar surface area (TPSA) is 144 Å². The molecular formula is C39H54N4O8. The van der Waals surface area contributed by atoms with Crippen molar-refractivity contribution in [3.63, 3.8) is 0 Å². The number of aryl methyl sites for hydroxylation is 1. The Morgan fingerprint density at radius 2 is 1.65 bits per heavy atom. The van der Waals surface area contributed by atoms with E-state index < -0.39 is 59.1 Å². The third-order valence-electron chi connectivity index (χ3n) is 9.44. The summed E-state index contributed by atoms with van der Waals surface area (Å²) in [5.74, 6) is -1.66. The van der Waals surface area contributed by atoms with Gasteiger partial charge in [-0.2, -0.15) is 0 Å². The summed E-state index contributed by atoms with van der Waals surface area (Å²) < 4.78 is 16.5. The molecule has 2 aliphatic rings. The predicted octanol–water partition coefficient (Wildman–Crippen LogP) is 4.94. The molecule has 51 heavy (non-hydrogen) atoms. The first-order valence-corrected chi connectivity index (χ1v) is 17.6. The zero-order chi connectivity index (χ0) is 37.7. The zero-order valence-electron chi connectivity index (χ0n) is 31.4. The Kier molecular flexibility index (Phi) is 12.5. The average molecular weight is 707 g/mol. The molecule has 0 spiro atoms. The normalized spacial score (nSPS) is 20.0. The number of methoxy groups -OCH3 is 1. The van der Waals surface area contributed by atoms with Crippen LogP contribution in [-0.4, -0.2) is 90.1 Å². The summed E-state index contributed by atoms with van der Waals surface area (Å²) in [7, 11) is 2.80. The number of hydrogen-bond acceptors (Lipinski definition) is 8. The summed E-state index contributed by atoms with van der Waals surface area (Å²) in [5.41, 5.74) is 2.02. The van der Waals surface area contributed by atoms with E-state index in [9.17, 15) is 24.0 Å². The van der Waals surface area contributed by atoms with Crippen LogP contribution in [0.25, 0.3) is 0 Å². The molecule has 12 heteroatoms. The van der Waals surface area contributed by atoms with Gasteiger partial charge in [-0.05, 0) is 81.2 Å². The minimum atomic E-state index is -1.02. The fraction of sp³-hybridized carbons (Fsp3) is 0.564. The number of nitrogens with zero attached hydrogens (tertiary/aromatic N) is 2. The van der Waals surface area contributed by atoms with Crippen molar-refractivity contribution in [1.82, 2.24) is 20.4 Å². The highest BCUT2D eigenvalue weighted by atomic mass is 16.6. The first-order chi connectivity index (χ1) is 23.9. The van der Waals surface area contributed by atoms with Gasteiger partial charge in [0.05, 0.1) is 31.4 Å². The molecule has 0 aromatic heterocycles. The highest BCUT2D eigenvalue weighted by Crippen LogP contribution is 2.32. The molecule has 0 radical (unpaired) electrons. The minimum absolute atomic E-state index is 0.133. The van der Waals surface area contributed by atoms with E-state index in [-0.39, 0.29) is 31.5 Å². The van der Waals surface area contributed by atoms with Gasteiger partial charge in [-0.15, -0.1) is 0 Å². The van der Waals surface area contributed by atoms with Crippen LogP contribution >= 0.6 is 0 Å². The molecule has 1 saturated heterocycles. The van der Waals surface area contributed by atoms with Gasteiger partial charge in [-0.1, -0.05) is 57.2 Å². The van der Waals surface area contributed by atoms with Gasteiger partial charge in [-0.25, -0.2) is 9.59 Å². The predicted molar refractivity (Wildman–Crippen MR) is 192 cm³/mol. The maximum atomic E-state index is 14.5. The maximum Gasteiger partial charge on any atom is 0.410 e. The summed E-state index contributed by atoms with van der Waals surface area (Å²) in [4.78, 5) is 69.5. The molecule has 1 heterocycles. The molecule has 2 aromatic carbocycles. The Labute approximate surface area is 301 Å². The van der Waals surface area contributed by atoms with E-state index in [2.05, 4.69) is 16.7 Å². The van der Waals surface area contributed by atoms with Crippen molar-refractivity contribution in [1.29, 1.82) is 0 Å². The molecular weight excluding hydrogens is 652 g/mol. The van der Waals surface area contributed by atoms with Crippen LogP contribution in [0, 0.1) is 5.41 Å². The molecule has 2 N–H and O–H groups in total. The van der Waals surface area contributed by atoms with Crippen molar-refractivity contribution >= 4 is 29.8 Å². The minimum Gasteiger partial charge on any atom is -0.465 e. The second kappa shape index (κ2) is 16.3. The van der Waals surface area contributed by atoms with E-state index in [0.29, 0.717) is 5.56 Å². The lowest BCUT2D eigenvalue weighted by atomic mass is 9.85. The van der Waals surface area contributed by atoms with Gasteiger partial charge in [-0.3, -0.25) is 19.3 Å². The molecule has 2 aromatic rings. The fourth-order valence-electron chi connectivity index (χ4n) is 6.40. The highest BCUT2D eigenvalue weighted by Gasteiger charge is 2.46. The van der Waals surface area contributed by atoms with Crippen LogP contribution in [-0.2, 0) is 41.6 Å². The molecule has 12 nitrogen and oxygen atoms in total. The smallest absolute Gasteiger partial charge is 0.410 e. The van der Waals surface area contributed by atoms with Crippen molar-refractivity contribution in [2.75, 3.05) is 20.7 Å².